The molecule has 2 N–H and O–H groups in total. The van der Waals surface area contributed by atoms with E-state index in [4.69, 9.17) is 10.5 Å². The van der Waals surface area contributed by atoms with E-state index in [2.05, 4.69) is 24.3 Å². The van der Waals surface area contributed by atoms with Crippen molar-refractivity contribution in [2.45, 2.75) is 44.1 Å². The average molecular weight is 379 g/mol. The summed E-state index contributed by atoms with van der Waals surface area (Å²) in [5.41, 5.74) is 8.01. The molecule has 0 spiro atoms. The van der Waals surface area contributed by atoms with Gasteiger partial charge in [0.2, 0.25) is 0 Å². The molecule has 1 saturated carbocycles. The molecule has 4 rings (SSSR count). The summed E-state index contributed by atoms with van der Waals surface area (Å²) >= 11 is 0. The maximum absolute atomic E-state index is 13.2. The Bertz CT molecular complexity index is 786. The average Bonchev–Trinajstić information content (AvgIpc) is 3.19. The first-order valence-electron chi connectivity index (χ1n) is 10.6. The van der Waals surface area contributed by atoms with Crippen LogP contribution in [0, 0.1) is 5.92 Å². The summed E-state index contributed by atoms with van der Waals surface area (Å²) in [5.74, 6) is 1.49. The lowest BCUT2D eigenvalue weighted by Crippen LogP contribution is -2.30. The number of amides is 1. The van der Waals surface area contributed by atoms with E-state index in [1.165, 1.54) is 24.8 Å². The molecule has 1 saturated heterocycles. The van der Waals surface area contributed by atoms with Gasteiger partial charge >= 0.3 is 0 Å². The van der Waals surface area contributed by atoms with E-state index < -0.39 is 0 Å². The lowest BCUT2D eigenvalue weighted by molar-refractivity contribution is 0.0785. The summed E-state index contributed by atoms with van der Waals surface area (Å²) in [6.07, 6.45) is 6.28. The number of nitrogens with zero attached hydrogens (tertiary/aromatic N) is 1. The van der Waals surface area contributed by atoms with Crippen molar-refractivity contribution in [2.75, 3.05) is 19.6 Å². The highest BCUT2D eigenvalue weighted by molar-refractivity contribution is 5.94. The molecule has 4 nitrogen and oxygen atoms in total. The summed E-state index contributed by atoms with van der Waals surface area (Å²) in [7, 11) is 0. The molecular weight excluding hydrogens is 348 g/mol. The molecule has 2 fully saturated rings. The van der Waals surface area contributed by atoms with Crippen LogP contribution >= 0.6 is 0 Å². The van der Waals surface area contributed by atoms with Gasteiger partial charge in [0.15, 0.2) is 0 Å². The van der Waals surface area contributed by atoms with Gasteiger partial charge in [0.05, 0.1) is 6.10 Å². The molecule has 148 valence electrons. The Balaban J connectivity index is 1.46. The van der Waals surface area contributed by atoms with Crippen molar-refractivity contribution >= 4 is 5.91 Å². The lowest BCUT2D eigenvalue weighted by atomic mass is 9.89. The fourth-order valence-electron chi connectivity index (χ4n) is 4.61. The first kappa shape index (κ1) is 19.0. The molecule has 2 atom stereocenters. The highest BCUT2D eigenvalue weighted by Gasteiger charge is 2.35. The van der Waals surface area contributed by atoms with E-state index >= 15 is 0 Å². The Hall–Kier alpha value is -2.33. The Morgan fingerprint density at radius 1 is 1.00 bits per heavy atom. The first-order valence-corrected chi connectivity index (χ1v) is 10.6. The molecule has 1 aliphatic carbocycles. The van der Waals surface area contributed by atoms with E-state index in [1.807, 2.05) is 35.2 Å². The predicted octanol–water partition coefficient (Wildman–Crippen LogP) is 4.21. The van der Waals surface area contributed by atoms with Crippen LogP contribution in [0.3, 0.4) is 0 Å². The van der Waals surface area contributed by atoms with Crippen molar-refractivity contribution in [2.24, 2.45) is 11.7 Å². The van der Waals surface area contributed by atoms with E-state index in [9.17, 15) is 4.79 Å². The zero-order valence-corrected chi connectivity index (χ0v) is 16.4. The Labute approximate surface area is 167 Å². The lowest BCUT2D eigenvalue weighted by Gasteiger charge is -2.23. The fourth-order valence-corrected chi connectivity index (χ4v) is 4.61. The number of likely N-dealkylation sites (tertiary alicyclic amines) is 1. The molecule has 1 amide bonds. The van der Waals surface area contributed by atoms with Crippen LogP contribution in [0.25, 0.3) is 0 Å². The van der Waals surface area contributed by atoms with Crippen LogP contribution in [-0.2, 0) is 0 Å². The summed E-state index contributed by atoms with van der Waals surface area (Å²) < 4.78 is 6.15. The van der Waals surface area contributed by atoms with Gasteiger partial charge in [0, 0.05) is 24.6 Å². The molecule has 0 radical (unpaired) electrons. The second-order valence-electron chi connectivity index (χ2n) is 8.13. The maximum Gasteiger partial charge on any atom is 0.254 e. The van der Waals surface area contributed by atoms with Crippen LogP contribution < -0.4 is 10.5 Å². The number of nitrogens with two attached hydrogens (primary N) is 1. The fraction of sp³-hybridized carbons (Fsp3) is 0.458. The smallest absolute Gasteiger partial charge is 0.254 e. The molecule has 28 heavy (non-hydrogen) atoms. The molecule has 2 aromatic carbocycles. The van der Waals surface area contributed by atoms with Crippen LogP contribution in [0.5, 0.6) is 5.75 Å². The second-order valence-corrected chi connectivity index (χ2v) is 8.13. The molecule has 1 aliphatic heterocycles. The quantitative estimate of drug-likeness (QED) is 0.848. The molecule has 2 aliphatic rings. The van der Waals surface area contributed by atoms with Gasteiger partial charge < -0.3 is 15.4 Å². The van der Waals surface area contributed by atoms with Crippen LogP contribution in [-0.4, -0.2) is 36.5 Å². The summed E-state index contributed by atoms with van der Waals surface area (Å²) in [6.45, 7) is 2.02. The largest absolute Gasteiger partial charge is 0.490 e. The Morgan fingerprint density at radius 2 is 1.79 bits per heavy atom. The van der Waals surface area contributed by atoms with Crippen LogP contribution in [0.15, 0.2) is 54.6 Å². The van der Waals surface area contributed by atoms with Gasteiger partial charge in [-0.3, -0.25) is 4.79 Å². The van der Waals surface area contributed by atoms with Crippen molar-refractivity contribution in [1.82, 2.24) is 4.90 Å². The highest BCUT2D eigenvalue weighted by Crippen LogP contribution is 2.33. The van der Waals surface area contributed by atoms with E-state index in [0.717, 1.165) is 25.1 Å². The Kier molecular flexibility index (Phi) is 5.96. The van der Waals surface area contributed by atoms with Crippen molar-refractivity contribution in [3.63, 3.8) is 0 Å². The van der Waals surface area contributed by atoms with Crippen molar-refractivity contribution < 1.29 is 9.53 Å². The number of hydrogen-bond donors (Lipinski definition) is 1. The van der Waals surface area contributed by atoms with E-state index in [0.29, 0.717) is 30.5 Å². The standard InChI is InChI=1S/C24H30N2O2/c25-15-20-16-26(17-23(20)18-8-3-1-4-9-18)24(27)19-10-7-13-22(14-19)28-21-11-5-2-6-12-21/h1,3-4,7-10,13-14,20-21,23H,2,5-6,11-12,15-17,25H2/t20-,23+/m1/s1. The normalized spacial score (nSPS) is 23.0. The second kappa shape index (κ2) is 8.78. The molecule has 2 aromatic rings. The summed E-state index contributed by atoms with van der Waals surface area (Å²) in [5, 5.41) is 0. The van der Waals surface area contributed by atoms with Gasteiger partial charge in [-0.25, -0.2) is 0 Å². The molecule has 0 bridgehead atoms. The molecule has 1 heterocycles. The third-order valence-electron chi connectivity index (χ3n) is 6.19. The predicted molar refractivity (Wildman–Crippen MR) is 112 cm³/mol. The molecular formula is C24H30N2O2. The first-order chi connectivity index (χ1) is 13.7. The number of benzene rings is 2. The Morgan fingerprint density at radius 3 is 2.54 bits per heavy atom. The highest BCUT2D eigenvalue weighted by atomic mass is 16.5. The minimum atomic E-state index is 0.0750. The van der Waals surface area contributed by atoms with Gasteiger partial charge in [-0.1, -0.05) is 42.8 Å². The third kappa shape index (κ3) is 4.22. The summed E-state index contributed by atoms with van der Waals surface area (Å²) in [6, 6.07) is 18.1. The third-order valence-corrected chi connectivity index (χ3v) is 6.19. The van der Waals surface area contributed by atoms with Gasteiger partial charge in [-0.2, -0.15) is 0 Å². The van der Waals surface area contributed by atoms with Crippen LogP contribution in [0.1, 0.15) is 53.9 Å². The molecule has 0 unspecified atom stereocenters. The minimum absolute atomic E-state index is 0.0750. The van der Waals surface area contributed by atoms with Crippen molar-refractivity contribution in [3.05, 3.63) is 65.7 Å². The van der Waals surface area contributed by atoms with Crippen molar-refractivity contribution in [1.29, 1.82) is 0 Å². The topological polar surface area (TPSA) is 55.6 Å². The molecule has 0 aromatic heterocycles. The summed E-state index contributed by atoms with van der Waals surface area (Å²) in [4.78, 5) is 15.1. The number of rotatable bonds is 5. The van der Waals surface area contributed by atoms with Gasteiger partial charge in [0.1, 0.15) is 5.75 Å². The van der Waals surface area contributed by atoms with Crippen LogP contribution in [0.2, 0.25) is 0 Å². The number of carbonyl (C=O) groups is 1. The van der Waals surface area contributed by atoms with E-state index in [-0.39, 0.29) is 12.0 Å². The zero-order chi connectivity index (χ0) is 19.3. The molecule has 4 heteroatoms. The van der Waals surface area contributed by atoms with E-state index in [1.54, 1.807) is 0 Å². The van der Waals surface area contributed by atoms with Gasteiger partial charge in [0.25, 0.3) is 5.91 Å². The SMILES string of the molecule is NC[C@@H]1CN(C(=O)c2cccc(OC3CCCCC3)c2)C[C@H]1c1ccccc1. The van der Waals surface area contributed by atoms with Gasteiger partial charge in [-0.15, -0.1) is 0 Å². The number of ether oxygens (including phenoxy) is 1. The zero-order valence-electron chi connectivity index (χ0n) is 16.4. The van der Waals surface area contributed by atoms with Crippen molar-refractivity contribution in [3.8, 4) is 5.75 Å². The monoisotopic (exact) mass is 378 g/mol. The van der Waals surface area contributed by atoms with Crippen LogP contribution in [0.4, 0.5) is 0 Å². The number of hydrogen-bond acceptors (Lipinski definition) is 3. The van der Waals surface area contributed by atoms with Gasteiger partial charge in [-0.05, 0) is 61.9 Å². The minimum Gasteiger partial charge on any atom is -0.490 e. The number of carbonyl (C=O) groups excluding carboxylic acids is 1. The maximum atomic E-state index is 13.2.